The summed E-state index contributed by atoms with van der Waals surface area (Å²) in [7, 11) is 1.34. The first-order valence-electron chi connectivity index (χ1n) is 4.39. The van der Waals surface area contributed by atoms with Gasteiger partial charge in [-0.15, -0.1) is 0 Å². The van der Waals surface area contributed by atoms with Crippen LogP contribution in [0.4, 0.5) is 4.39 Å². The predicted octanol–water partition coefficient (Wildman–Crippen LogP) is 2.23. The molecule has 0 heterocycles. The molecule has 1 unspecified atom stereocenters. The molecular formula is C10H12BrFO3. The topological polar surface area (TPSA) is 49.7 Å². The van der Waals surface area contributed by atoms with E-state index in [9.17, 15) is 14.6 Å². The van der Waals surface area contributed by atoms with Gasteiger partial charge in [0.1, 0.15) is 5.82 Å². The fourth-order valence-electron chi connectivity index (χ4n) is 1.26. The number of aromatic hydroxyl groups is 1. The summed E-state index contributed by atoms with van der Waals surface area (Å²) in [5.41, 5.74) is 0.239. The van der Waals surface area contributed by atoms with Crippen molar-refractivity contribution in [2.75, 3.05) is 7.11 Å². The molecule has 0 amide bonds. The molecule has 0 aliphatic heterocycles. The number of aliphatic hydroxyl groups excluding tert-OH is 1. The van der Waals surface area contributed by atoms with E-state index in [1.807, 2.05) is 0 Å². The lowest BCUT2D eigenvalue weighted by atomic mass is 10.1. The van der Waals surface area contributed by atoms with Crippen LogP contribution in [0.1, 0.15) is 12.5 Å². The van der Waals surface area contributed by atoms with Gasteiger partial charge in [-0.25, -0.2) is 4.39 Å². The molecule has 2 N–H and O–H groups in total. The zero-order valence-corrected chi connectivity index (χ0v) is 10.0. The van der Waals surface area contributed by atoms with Gasteiger partial charge in [0.15, 0.2) is 11.5 Å². The molecule has 0 fully saturated rings. The summed E-state index contributed by atoms with van der Waals surface area (Å²) in [6, 6.07) is 1.10. The fraction of sp³-hybridized carbons (Fsp3) is 0.400. The number of methoxy groups -OCH3 is 1. The third-order valence-electron chi connectivity index (χ3n) is 1.97. The average molecular weight is 279 g/mol. The molecule has 1 aromatic rings. The average Bonchev–Trinajstić information content (AvgIpc) is 2.18. The second-order valence-electron chi connectivity index (χ2n) is 3.25. The lowest BCUT2D eigenvalue weighted by Crippen LogP contribution is -2.07. The Kier molecular flexibility index (Phi) is 3.93. The van der Waals surface area contributed by atoms with Crippen molar-refractivity contribution in [1.29, 1.82) is 0 Å². The van der Waals surface area contributed by atoms with Gasteiger partial charge in [-0.2, -0.15) is 0 Å². The molecule has 0 saturated heterocycles. The highest BCUT2D eigenvalue weighted by Crippen LogP contribution is 2.38. The van der Waals surface area contributed by atoms with Gasteiger partial charge in [-0.3, -0.25) is 0 Å². The monoisotopic (exact) mass is 278 g/mol. The van der Waals surface area contributed by atoms with Gasteiger partial charge in [0.2, 0.25) is 0 Å². The fourth-order valence-corrected chi connectivity index (χ4v) is 1.81. The van der Waals surface area contributed by atoms with Crippen LogP contribution in [0.2, 0.25) is 0 Å². The number of hydrogen-bond acceptors (Lipinski definition) is 3. The van der Waals surface area contributed by atoms with E-state index in [-0.39, 0.29) is 28.0 Å². The lowest BCUT2D eigenvalue weighted by Gasteiger charge is -2.12. The summed E-state index contributed by atoms with van der Waals surface area (Å²) in [6.45, 7) is 1.55. The molecule has 1 rings (SSSR count). The van der Waals surface area contributed by atoms with Crippen molar-refractivity contribution in [3.63, 3.8) is 0 Å². The summed E-state index contributed by atoms with van der Waals surface area (Å²) in [6.07, 6.45) is -0.548. The summed E-state index contributed by atoms with van der Waals surface area (Å²) in [5, 5.41) is 18.8. The van der Waals surface area contributed by atoms with Crippen LogP contribution in [0.25, 0.3) is 0 Å². The zero-order valence-electron chi connectivity index (χ0n) is 8.42. The Bertz CT molecular complexity index is 366. The lowest BCUT2D eigenvalue weighted by molar-refractivity contribution is 0.193. The van der Waals surface area contributed by atoms with E-state index in [0.29, 0.717) is 0 Å². The smallest absolute Gasteiger partial charge is 0.172 e. The van der Waals surface area contributed by atoms with Crippen molar-refractivity contribution >= 4 is 15.9 Å². The molecule has 0 aliphatic carbocycles. The Balaban J connectivity index is 3.23. The van der Waals surface area contributed by atoms with Gasteiger partial charge < -0.3 is 14.9 Å². The van der Waals surface area contributed by atoms with Crippen molar-refractivity contribution in [1.82, 2.24) is 0 Å². The van der Waals surface area contributed by atoms with Crippen molar-refractivity contribution in [3.05, 3.63) is 21.9 Å². The number of hydrogen-bond donors (Lipinski definition) is 2. The van der Waals surface area contributed by atoms with Gasteiger partial charge in [0, 0.05) is 18.1 Å². The van der Waals surface area contributed by atoms with Crippen LogP contribution < -0.4 is 4.74 Å². The second kappa shape index (κ2) is 4.81. The number of aliphatic hydroxyl groups is 1. The van der Waals surface area contributed by atoms with E-state index < -0.39 is 11.9 Å². The molecule has 3 nitrogen and oxygen atoms in total. The van der Waals surface area contributed by atoms with Crippen molar-refractivity contribution in [3.8, 4) is 11.5 Å². The number of ether oxygens (including phenoxy) is 1. The first kappa shape index (κ1) is 12.3. The molecule has 1 atom stereocenters. The molecule has 0 aliphatic rings. The Morgan fingerprint density at radius 2 is 2.20 bits per heavy atom. The minimum atomic E-state index is -0.677. The van der Waals surface area contributed by atoms with Crippen molar-refractivity contribution < 1.29 is 19.3 Å². The summed E-state index contributed by atoms with van der Waals surface area (Å²) < 4.78 is 18.5. The highest BCUT2D eigenvalue weighted by molar-refractivity contribution is 9.10. The number of halogens is 2. The third-order valence-corrected chi connectivity index (χ3v) is 2.83. The maximum atomic E-state index is 13.5. The summed E-state index contributed by atoms with van der Waals surface area (Å²) in [5.74, 6) is -0.610. The van der Waals surface area contributed by atoms with E-state index in [4.69, 9.17) is 4.74 Å². The number of phenolic OH excluding ortho intramolecular Hbond substituents is 1. The molecule has 0 spiro atoms. The van der Waals surface area contributed by atoms with Gasteiger partial charge in [-0.05, 0) is 22.9 Å². The van der Waals surface area contributed by atoms with E-state index in [2.05, 4.69) is 15.9 Å². The normalized spacial score (nSPS) is 12.6. The SMILES string of the molecule is COc1cc(F)c(CC(C)O)c(Br)c1O. The number of rotatable bonds is 3. The van der Waals surface area contributed by atoms with Gasteiger partial charge in [0.25, 0.3) is 0 Å². The molecule has 15 heavy (non-hydrogen) atoms. The van der Waals surface area contributed by atoms with Gasteiger partial charge in [0.05, 0.1) is 17.7 Å². The minimum absolute atomic E-state index is 0.0636. The molecule has 0 saturated carbocycles. The molecule has 84 valence electrons. The van der Waals surface area contributed by atoms with Crippen LogP contribution >= 0.6 is 15.9 Å². The van der Waals surface area contributed by atoms with Crippen LogP contribution in [0.5, 0.6) is 11.5 Å². The zero-order chi connectivity index (χ0) is 11.6. The Morgan fingerprint density at radius 3 is 2.67 bits per heavy atom. The number of benzene rings is 1. The number of phenols is 1. The molecule has 0 aromatic heterocycles. The van der Waals surface area contributed by atoms with Crippen molar-refractivity contribution in [2.24, 2.45) is 0 Å². The first-order chi connectivity index (χ1) is 6.97. The molecule has 1 aromatic carbocycles. The Labute approximate surface area is 95.6 Å². The maximum Gasteiger partial charge on any atom is 0.172 e. The largest absolute Gasteiger partial charge is 0.503 e. The summed E-state index contributed by atoms with van der Waals surface area (Å²) in [4.78, 5) is 0. The van der Waals surface area contributed by atoms with Crippen LogP contribution in [-0.2, 0) is 6.42 Å². The van der Waals surface area contributed by atoms with Crippen LogP contribution in [-0.4, -0.2) is 23.4 Å². The Hall–Kier alpha value is -0.810. The van der Waals surface area contributed by atoms with Crippen LogP contribution in [0.3, 0.4) is 0 Å². The second-order valence-corrected chi connectivity index (χ2v) is 4.05. The molecule has 0 radical (unpaired) electrons. The van der Waals surface area contributed by atoms with E-state index in [1.54, 1.807) is 6.92 Å². The quantitative estimate of drug-likeness (QED) is 0.892. The first-order valence-corrected chi connectivity index (χ1v) is 5.18. The highest BCUT2D eigenvalue weighted by Gasteiger charge is 2.17. The van der Waals surface area contributed by atoms with E-state index in [1.165, 1.54) is 7.11 Å². The molecular weight excluding hydrogens is 267 g/mol. The van der Waals surface area contributed by atoms with Crippen LogP contribution in [0, 0.1) is 5.82 Å². The van der Waals surface area contributed by atoms with E-state index >= 15 is 0 Å². The highest BCUT2D eigenvalue weighted by atomic mass is 79.9. The third kappa shape index (κ3) is 2.60. The summed E-state index contributed by atoms with van der Waals surface area (Å²) >= 11 is 3.07. The minimum Gasteiger partial charge on any atom is -0.503 e. The standard InChI is InChI=1S/C10H12BrFO3/c1-5(13)3-6-7(12)4-8(15-2)10(14)9(6)11/h4-5,13-14H,3H2,1-2H3. The molecule has 0 bridgehead atoms. The van der Waals surface area contributed by atoms with Crippen molar-refractivity contribution in [2.45, 2.75) is 19.4 Å². The van der Waals surface area contributed by atoms with Gasteiger partial charge in [-0.1, -0.05) is 0 Å². The predicted molar refractivity (Wildman–Crippen MR) is 57.7 cm³/mol. The van der Waals surface area contributed by atoms with Crippen LogP contribution in [0.15, 0.2) is 10.5 Å². The maximum absolute atomic E-state index is 13.5. The van der Waals surface area contributed by atoms with Gasteiger partial charge >= 0.3 is 0 Å². The molecule has 5 heteroatoms. The Morgan fingerprint density at radius 1 is 1.60 bits per heavy atom. The van der Waals surface area contributed by atoms with E-state index in [0.717, 1.165) is 6.07 Å².